The summed E-state index contributed by atoms with van der Waals surface area (Å²) in [6, 6.07) is 9.06. The molecule has 2 N–H and O–H groups in total. The summed E-state index contributed by atoms with van der Waals surface area (Å²) < 4.78 is 10.8. The molecule has 120 valence electrons. The van der Waals surface area contributed by atoms with Gasteiger partial charge in [0.25, 0.3) is 5.91 Å². The molecule has 1 atom stereocenters. The lowest BCUT2D eigenvalue weighted by atomic mass is 10.2. The lowest BCUT2D eigenvalue weighted by Crippen LogP contribution is -2.27. The number of thiophene rings is 1. The van der Waals surface area contributed by atoms with Crippen molar-refractivity contribution in [3.63, 3.8) is 0 Å². The summed E-state index contributed by atoms with van der Waals surface area (Å²) in [6.45, 7) is 2.07. The normalized spacial score (nSPS) is 12.3. The molecular formula is C17H17NO4S. The molecule has 2 aromatic heterocycles. The molecule has 0 radical (unpaired) electrons. The molecule has 0 aliphatic carbocycles. The number of furan rings is 1. The van der Waals surface area contributed by atoms with Crippen molar-refractivity contribution in [1.82, 2.24) is 5.32 Å². The number of para-hydroxylation sites is 1. The first kappa shape index (κ1) is 15.6. The van der Waals surface area contributed by atoms with E-state index >= 15 is 0 Å². The number of hydrogen-bond donors (Lipinski definition) is 2. The number of carbonyl (C=O) groups excluding carboxylic acids is 1. The van der Waals surface area contributed by atoms with E-state index < -0.39 is 6.10 Å². The van der Waals surface area contributed by atoms with E-state index in [0.717, 1.165) is 15.8 Å². The van der Waals surface area contributed by atoms with E-state index in [-0.39, 0.29) is 18.2 Å². The number of aliphatic hydroxyl groups is 1. The molecule has 0 aliphatic heterocycles. The van der Waals surface area contributed by atoms with Crippen LogP contribution >= 0.6 is 11.3 Å². The van der Waals surface area contributed by atoms with Crippen molar-refractivity contribution in [2.24, 2.45) is 0 Å². The van der Waals surface area contributed by atoms with Gasteiger partial charge in [0.1, 0.15) is 6.10 Å². The molecule has 2 heterocycles. The Labute approximate surface area is 137 Å². The minimum Gasteiger partial charge on any atom is -0.493 e. The molecule has 5 nitrogen and oxygen atoms in total. The number of ether oxygens (including phenoxy) is 1. The molecule has 3 rings (SSSR count). The molecule has 0 bridgehead atoms. The fourth-order valence-electron chi connectivity index (χ4n) is 2.40. The molecule has 0 aliphatic rings. The maximum absolute atomic E-state index is 12.2. The Morgan fingerprint density at radius 3 is 2.96 bits per heavy atom. The highest BCUT2D eigenvalue weighted by molar-refractivity contribution is 7.10. The molecule has 0 spiro atoms. The second-order valence-corrected chi connectivity index (χ2v) is 6.13. The van der Waals surface area contributed by atoms with Gasteiger partial charge in [-0.25, -0.2) is 0 Å². The Kier molecular flexibility index (Phi) is 4.36. The van der Waals surface area contributed by atoms with Gasteiger partial charge in [-0.3, -0.25) is 4.79 Å². The van der Waals surface area contributed by atoms with Crippen molar-refractivity contribution < 1.29 is 19.1 Å². The molecule has 0 saturated carbocycles. The Morgan fingerprint density at radius 2 is 2.26 bits per heavy atom. The molecule has 1 aromatic carbocycles. The summed E-state index contributed by atoms with van der Waals surface area (Å²) in [5.41, 5.74) is 1.56. The van der Waals surface area contributed by atoms with E-state index in [4.69, 9.17) is 9.15 Å². The zero-order valence-electron chi connectivity index (χ0n) is 12.8. The topological polar surface area (TPSA) is 71.7 Å². The molecular weight excluding hydrogens is 314 g/mol. The minimum absolute atomic E-state index is 0.133. The first-order valence-corrected chi connectivity index (χ1v) is 8.05. The van der Waals surface area contributed by atoms with Crippen LogP contribution in [0.2, 0.25) is 0 Å². The van der Waals surface area contributed by atoms with Crippen LogP contribution in [0.3, 0.4) is 0 Å². The highest BCUT2D eigenvalue weighted by Gasteiger charge is 2.17. The van der Waals surface area contributed by atoms with Gasteiger partial charge in [-0.1, -0.05) is 12.1 Å². The Morgan fingerprint density at radius 1 is 1.43 bits per heavy atom. The zero-order chi connectivity index (χ0) is 16.4. The second-order valence-electron chi connectivity index (χ2n) is 5.18. The third-order valence-electron chi connectivity index (χ3n) is 3.61. The van der Waals surface area contributed by atoms with Crippen molar-refractivity contribution in [1.29, 1.82) is 0 Å². The van der Waals surface area contributed by atoms with Crippen molar-refractivity contribution in [2.45, 2.75) is 13.0 Å². The van der Waals surface area contributed by atoms with Gasteiger partial charge >= 0.3 is 0 Å². The number of methoxy groups -OCH3 is 1. The summed E-state index contributed by atoms with van der Waals surface area (Å²) in [5.74, 6) is 0.409. The predicted octanol–water partition coefficient (Wildman–Crippen LogP) is 3.27. The van der Waals surface area contributed by atoms with Crippen LogP contribution in [0.4, 0.5) is 0 Å². The molecule has 1 unspecified atom stereocenters. The minimum atomic E-state index is -0.724. The molecule has 1 amide bonds. The lowest BCUT2D eigenvalue weighted by molar-refractivity contribution is 0.0892. The number of hydrogen-bond acceptors (Lipinski definition) is 5. The van der Waals surface area contributed by atoms with E-state index in [9.17, 15) is 9.90 Å². The highest BCUT2D eigenvalue weighted by Crippen LogP contribution is 2.28. The largest absolute Gasteiger partial charge is 0.493 e. The van der Waals surface area contributed by atoms with Gasteiger partial charge in [0.2, 0.25) is 0 Å². The van der Waals surface area contributed by atoms with Crippen LogP contribution in [0.1, 0.15) is 27.1 Å². The molecule has 0 saturated heterocycles. The number of aryl methyl sites for hydroxylation is 1. The van der Waals surface area contributed by atoms with Crippen LogP contribution in [0.5, 0.6) is 5.75 Å². The van der Waals surface area contributed by atoms with Crippen LogP contribution in [-0.4, -0.2) is 24.7 Å². The van der Waals surface area contributed by atoms with Gasteiger partial charge in [-0.15, -0.1) is 11.3 Å². The maximum Gasteiger partial charge on any atom is 0.287 e. The zero-order valence-corrected chi connectivity index (χ0v) is 13.6. The number of amides is 1. The number of aliphatic hydroxyl groups excluding tert-OH is 1. The second kappa shape index (κ2) is 6.44. The van der Waals surface area contributed by atoms with Gasteiger partial charge in [-0.2, -0.15) is 0 Å². The molecule has 6 heteroatoms. The van der Waals surface area contributed by atoms with Gasteiger partial charge in [0, 0.05) is 16.8 Å². The summed E-state index contributed by atoms with van der Waals surface area (Å²) in [6.07, 6.45) is -0.724. The summed E-state index contributed by atoms with van der Waals surface area (Å²) >= 11 is 1.47. The number of rotatable bonds is 5. The Balaban J connectivity index is 1.72. The van der Waals surface area contributed by atoms with E-state index in [0.29, 0.717) is 11.3 Å². The lowest BCUT2D eigenvalue weighted by Gasteiger charge is -2.10. The van der Waals surface area contributed by atoms with Gasteiger partial charge in [0.15, 0.2) is 17.1 Å². The predicted molar refractivity (Wildman–Crippen MR) is 89.1 cm³/mol. The summed E-state index contributed by atoms with van der Waals surface area (Å²) in [5, 5.41) is 15.6. The van der Waals surface area contributed by atoms with Gasteiger partial charge in [-0.05, 0) is 36.1 Å². The highest BCUT2D eigenvalue weighted by atomic mass is 32.1. The summed E-state index contributed by atoms with van der Waals surface area (Å²) in [4.78, 5) is 13.1. The van der Waals surface area contributed by atoms with E-state index in [1.165, 1.54) is 11.3 Å². The quantitative estimate of drug-likeness (QED) is 0.753. The Hall–Kier alpha value is -2.31. The SMILES string of the molecule is COc1cccc2cc(C(=O)NCC(O)c3sccc3C)oc12. The van der Waals surface area contributed by atoms with E-state index in [1.54, 1.807) is 19.2 Å². The third kappa shape index (κ3) is 3.09. The van der Waals surface area contributed by atoms with E-state index in [2.05, 4.69) is 5.32 Å². The third-order valence-corrected chi connectivity index (χ3v) is 4.73. The fourth-order valence-corrected chi connectivity index (χ4v) is 3.32. The number of benzene rings is 1. The molecule has 0 fully saturated rings. The van der Waals surface area contributed by atoms with Gasteiger partial charge < -0.3 is 19.6 Å². The standard InChI is InChI=1S/C17H17NO4S/c1-10-6-7-23-16(10)12(19)9-18-17(20)14-8-11-4-3-5-13(21-2)15(11)22-14/h3-8,12,19H,9H2,1-2H3,(H,18,20). The fraction of sp³-hybridized carbons (Fsp3) is 0.235. The smallest absolute Gasteiger partial charge is 0.287 e. The van der Waals surface area contributed by atoms with Crippen LogP contribution in [0.15, 0.2) is 40.1 Å². The van der Waals surface area contributed by atoms with Crippen molar-refractivity contribution >= 4 is 28.2 Å². The maximum atomic E-state index is 12.2. The average Bonchev–Trinajstić information content (AvgIpc) is 3.17. The monoisotopic (exact) mass is 331 g/mol. The number of nitrogens with one attached hydrogen (secondary N) is 1. The summed E-state index contributed by atoms with van der Waals surface area (Å²) in [7, 11) is 1.55. The van der Waals surface area contributed by atoms with Crippen LogP contribution in [-0.2, 0) is 0 Å². The molecule has 23 heavy (non-hydrogen) atoms. The average molecular weight is 331 g/mol. The Bertz CT molecular complexity index is 836. The first-order valence-electron chi connectivity index (χ1n) is 7.17. The molecule has 3 aromatic rings. The van der Waals surface area contributed by atoms with Crippen LogP contribution < -0.4 is 10.1 Å². The van der Waals surface area contributed by atoms with Crippen molar-refractivity contribution in [2.75, 3.05) is 13.7 Å². The van der Waals surface area contributed by atoms with Gasteiger partial charge in [0.05, 0.1) is 7.11 Å². The number of fused-ring (bicyclic) bond motifs is 1. The number of carbonyl (C=O) groups is 1. The van der Waals surface area contributed by atoms with Crippen LogP contribution in [0, 0.1) is 6.92 Å². The first-order chi connectivity index (χ1) is 11.1. The van der Waals surface area contributed by atoms with Crippen molar-refractivity contribution in [3.05, 3.63) is 51.9 Å². The van der Waals surface area contributed by atoms with Crippen LogP contribution in [0.25, 0.3) is 11.0 Å². The van der Waals surface area contributed by atoms with Crippen molar-refractivity contribution in [3.8, 4) is 5.75 Å². The van der Waals surface area contributed by atoms with E-state index in [1.807, 2.05) is 30.5 Å².